The second kappa shape index (κ2) is 4.75. The maximum atomic E-state index is 5.54. The zero-order valence-corrected chi connectivity index (χ0v) is 12.7. The Balaban J connectivity index is 1.30. The summed E-state index contributed by atoms with van der Waals surface area (Å²) < 4.78 is 7.38. The Morgan fingerprint density at radius 1 is 1.22 bits per heavy atom. The first-order chi connectivity index (χ1) is 11.4. The molecule has 0 unspecified atom stereocenters. The fraction of sp³-hybridized carbons (Fsp3) is 0.412. The van der Waals surface area contributed by atoms with Gasteiger partial charge in [0.25, 0.3) is 5.89 Å². The van der Waals surface area contributed by atoms with Gasteiger partial charge in [0.2, 0.25) is 0 Å². The van der Waals surface area contributed by atoms with Crippen LogP contribution < -0.4 is 0 Å². The molecular weight excluding hydrogens is 290 g/mol. The highest BCUT2D eigenvalue weighted by Crippen LogP contribution is 2.50. The molecule has 2 heterocycles. The molecule has 0 saturated heterocycles. The molecule has 2 aliphatic carbocycles. The molecule has 0 bridgehead atoms. The average molecular weight is 307 g/mol. The number of hydrogen-bond donors (Lipinski definition) is 0. The molecule has 2 aliphatic rings. The molecule has 6 heteroatoms. The highest BCUT2D eigenvalue weighted by atomic mass is 16.5. The van der Waals surface area contributed by atoms with Crippen molar-refractivity contribution in [1.29, 1.82) is 0 Å². The number of aromatic nitrogens is 5. The number of hydrogen-bond acceptors (Lipinski definition) is 5. The maximum Gasteiger partial charge on any atom is 0.254 e. The van der Waals surface area contributed by atoms with Crippen molar-refractivity contribution < 1.29 is 4.52 Å². The van der Waals surface area contributed by atoms with Crippen LogP contribution in [0.3, 0.4) is 0 Å². The normalized spacial score (nSPS) is 24.5. The lowest BCUT2D eigenvalue weighted by Crippen LogP contribution is -2.19. The van der Waals surface area contributed by atoms with Crippen LogP contribution in [0.2, 0.25) is 0 Å². The molecule has 2 atom stereocenters. The van der Waals surface area contributed by atoms with E-state index in [0.29, 0.717) is 17.7 Å². The first-order valence-electron chi connectivity index (χ1n) is 8.08. The molecule has 2 fully saturated rings. The summed E-state index contributed by atoms with van der Waals surface area (Å²) in [6, 6.07) is 10.7. The Bertz CT molecular complexity index is 807. The minimum Gasteiger partial charge on any atom is -0.337 e. The summed E-state index contributed by atoms with van der Waals surface area (Å²) in [4.78, 5) is 8.67. The van der Waals surface area contributed by atoms with Gasteiger partial charge in [-0.25, -0.2) is 9.67 Å². The zero-order valence-electron chi connectivity index (χ0n) is 12.7. The fourth-order valence-electron chi connectivity index (χ4n) is 3.43. The molecule has 0 radical (unpaired) electrons. The topological polar surface area (TPSA) is 69.6 Å². The van der Waals surface area contributed by atoms with Gasteiger partial charge in [-0.15, -0.1) is 0 Å². The van der Waals surface area contributed by atoms with Gasteiger partial charge in [0.05, 0.1) is 0 Å². The first-order valence-corrected chi connectivity index (χ1v) is 8.08. The first kappa shape index (κ1) is 13.0. The van der Waals surface area contributed by atoms with E-state index < -0.39 is 0 Å². The Labute approximate surface area is 133 Å². The largest absolute Gasteiger partial charge is 0.337 e. The van der Waals surface area contributed by atoms with E-state index in [2.05, 4.69) is 50.6 Å². The molecule has 6 nitrogen and oxygen atoms in total. The van der Waals surface area contributed by atoms with Crippen LogP contribution in [0.1, 0.15) is 42.5 Å². The van der Waals surface area contributed by atoms with Crippen LogP contribution in [0.4, 0.5) is 0 Å². The van der Waals surface area contributed by atoms with Crippen LogP contribution in [0.25, 0.3) is 0 Å². The third-order valence-corrected chi connectivity index (χ3v) is 5.04. The van der Waals surface area contributed by atoms with Gasteiger partial charge in [-0.3, -0.25) is 0 Å². The van der Waals surface area contributed by atoms with Crippen LogP contribution in [-0.2, 0) is 12.0 Å². The van der Waals surface area contributed by atoms with E-state index in [1.807, 2.05) is 4.68 Å². The minimum atomic E-state index is -0.246. The second-order valence-electron chi connectivity index (χ2n) is 6.60. The van der Waals surface area contributed by atoms with Gasteiger partial charge in [-0.2, -0.15) is 10.1 Å². The smallest absolute Gasteiger partial charge is 0.254 e. The summed E-state index contributed by atoms with van der Waals surface area (Å²) in [5, 5.41) is 8.43. The molecule has 0 aliphatic heterocycles. The van der Waals surface area contributed by atoms with Crippen LogP contribution in [0.5, 0.6) is 0 Å². The summed E-state index contributed by atoms with van der Waals surface area (Å²) in [7, 11) is 0. The van der Waals surface area contributed by atoms with E-state index in [1.165, 1.54) is 12.0 Å². The highest BCUT2D eigenvalue weighted by Gasteiger charge is 2.52. The maximum absolute atomic E-state index is 5.54. The average Bonchev–Trinajstić information content (AvgIpc) is 3.42. The molecular formula is C17H17N5O. The lowest BCUT2D eigenvalue weighted by Gasteiger charge is -2.08. The van der Waals surface area contributed by atoms with E-state index in [0.717, 1.165) is 25.1 Å². The zero-order chi connectivity index (χ0) is 15.3. The third-order valence-electron chi connectivity index (χ3n) is 5.04. The second-order valence-corrected chi connectivity index (χ2v) is 6.60. The summed E-state index contributed by atoms with van der Waals surface area (Å²) in [6.07, 6.45) is 7.33. The van der Waals surface area contributed by atoms with Crippen LogP contribution in [0.15, 0.2) is 47.5 Å². The van der Waals surface area contributed by atoms with Gasteiger partial charge in [0.15, 0.2) is 5.82 Å². The van der Waals surface area contributed by atoms with Crippen molar-refractivity contribution in [3.05, 3.63) is 60.3 Å². The third kappa shape index (κ3) is 2.17. The van der Waals surface area contributed by atoms with E-state index in [-0.39, 0.29) is 5.54 Å². The molecule has 1 aromatic carbocycles. The Hall–Kier alpha value is -2.50. The molecule has 3 aromatic rings. The summed E-state index contributed by atoms with van der Waals surface area (Å²) in [6.45, 7) is 0. The summed E-state index contributed by atoms with van der Waals surface area (Å²) >= 11 is 0. The van der Waals surface area contributed by atoms with Crippen molar-refractivity contribution in [3.8, 4) is 0 Å². The lowest BCUT2D eigenvalue weighted by atomic mass is 10.1. The molecule has 5 rings (SSSR count). The highest BCUT2D eigenvalue weighted by molar-refractivity contribution is 5.26. The summed E-state index contributed by atoms with van der Waals surface area (Å²) in [5.74, 6) is 2.76. The standard InChI is InChI=1S/C17H17N5O/c1-2-4-12(5-3-1)14-8-13(14)9-15-20-16(23-21-15)17(6-7-17)22-11-18-10-19-22/h1-5,10-11,13-14H,6-9H2/t13-,14-/m0/s1. The van der Waals surface area contributed by atoms with E-state index in [4.69, 9.17) is 4.52 Å². The Morgan fingerprint density at radius 3 is 2.83 bits per heavy atom. The summed E-state index contributed by atoms with van der Waals surface area (Å²) in [5.41, 5.74) is 1.17. The predicted octanol–water partition coefficient (Wildman–Crippen LogP) is 2.54. The number of benzene rings is 1. The quantitative estimate of drug-likeness (QED) is 0.724. The van der Waals surface area contributed by atoms with Crippen molar-refractivity contribution in [2.24, 2.45) is 5.92 Å². The fourth-order valence-corrected chi connectivity index (χ4v) is 3.43. The van der Waals surface area contributed by atoms with Crippen molar-refractivity contribution >= 4 is 0 Å². The Kier molecular flexibility index (Phi) is 2.68. The van der Waals surface area contributed by atoms with Crippen molar-refractivity contribution in [1.82, 2.24) is 24.9 Å². The molecule has 0 N–H and O–H groups in total. The van der Waals surface area contributed by atoms with Crippen LogP contribution in [-0.4, -0.2) is 24.9 Å². The predicted molar refractivity (Wildman–Crippen MR) is 81.6 cm³/mol. The van der Waals surface area contributed by atoms with E-state index in [1.54, 1.807) is 12.7 Å². The minimum absolute atomic E-state index is 0.246. The van der Waals surface area contributed by atoms with Crippen molar-refractivity contribution in [3.63, 3.8) is 0 Å². The Morgan fingerprint density at radius 2 is 2.09 bits per heavy atom. The van der Waals surface area contributed by atoms with E-state index >= 15 is 0 Å². The van der Waals surface area contributed by atoms with Crippen molar-refractivity contribution in [2.75, 3.05) is 0 Å². The van der Waals surface area contributed by atoms with E-state index in [9.17, 15) is 0 Å². The number of rotatable bonds is 5. The molecule has 116 valence electrons. The molecule has 0 amide bonds. The van der Waals surface area contributed by atoms with Gasteiger partial charge in [0, 0.05) is 6.42 Å². The van der Waals surface area contributed by atoms with Crippen LogP contribution >= 0.6 is 0 Å². The molecule has 2 saturated carbocycles. The lowest BCUT2D eigenvalue weighted by molar-refractivity contribution is 0.311. The number of nitrogens with zero attached hydrogens (tertiary/aromatic N) is 5. The van der Waals surface area contributed by atoms with Gasteiger partial charge in [0.1, 0.15) is 18.2 Å². The molecule has 2 aromatic heterocycles. The van der Waals surface area contributed by atoms with Crippen molar-refractivity contribution in [2.45, 2.75) is 37.1 Å². The van der Waals surface area contributed by atoms with Gasteiger partial charge in [-0.1, -0.05) is 35.5 Å². The monoisotopic (exact) mass is 307 g/mol. The van der Waals surface area contributed by atoms with Gasteiger partial charge in [-0.05, 0) is 36.7 Å². The SMILES string of the molecule is c1ccc([C@@H]2C[C@H]2Cc2noc(C3(n4cncn4)CC3)n2)cc1. The van der Waals surface area contributed by atoms with Gasteiger partial charge >= 0.3 is 0 Å². The van der Waals surface area contributed by atoms with Crippen LogP contribution in [0, 0.1) is 5.92 Å². The van der Waals surface area contributed by atoms with Gasteiger partial charge < -0.3 is 4.52 Å². The molecule has 23 heavy (non-hydrogen) atoms. The molecule has 0 spiro atoms.